The summed E-state index contributed by atoms with van der Waals surface area (Å²) >= 11 is 2.15. The van der Waals surface area contributed by atoms with Crippen LogP contribution in [0.15, 0.2) is 0 Å². The molecule has 1 spiro atoms. The molecule has 20 heavy (non-hydrogen) atoms. The first-order chi connectivity index (χ1) is 9.69. The van der Waals surface area contributed by atoms with Crippen LogP contribution in [0.2, 0.25) is 0 Å². The van der Waals surface area contributed by atoms with Gasteiger partial charge in [-0.2, -0.15) is 11.8 Å². The lowest BCUT2D eigenvalue weighted by molar-refractivity contribution is -0.146. The molecule has 3 unspecified atom stereocenters. The van der Waals surface area contributed by atoms with Crippen molar-refractivity contribution in [3.05, 3.63) is 0 Å². The zero-order valence-electron chi connectivity index (χ0n) is 13.6. The maximum atomic E-state index is 6.10. The molecule has 1 aliphatic heterocycles. The maximum Gasteiger partial charge on any atom is 0.0685 e. The molecule has 1 N–H and O–H groups in total. The van der Waals surface area contributed by atoms with Gasteiger partial charge in [-0.05, 0) is 57.4 Å². The van der Waals surface area contributed by atoms with E-state index in [1.165, 1.54) is 50.7 Å². The highest BCUT2D eigenvalue weighted by Crippen LogP contribution is 2.45. The van der Waals surface area contributed by atoms with Crippen LogP contribution in [-0.4, -0.2) is 35.8 Å². The lowest BCUT2D eigenvalue weighted by atomic mass is 9.70. The molecule has 2 fully saturated rings. The molecule has 1 saturated carbocycles. The molecule has 2 rings (SSSR count). The van der Waals surface area contributed by atoms with Crippen LogP contribution in [-0.2, 0) is 4.74 Å². The molecule has 2 aliphatic rings. The summed E-state index contributed by atoms with van der Waals surface area (Å²) in [6.45, 7) is 9.07. The second kappa shape index (κ2) is 8.05. The lowest BCUT2D eigenvalue weighted by Crippen LogP contribution is -2.51. The van der Waals surface area contributed by atoms with Gasteiger partial charge in [-0.25, -0.2) is 0 Å². The van der Waals surface area contributed by atoms with Crippen LogP contribution in [0.5, 0.6) is 0 Å². The van der Waals surface area contributed by atoms with E-state index in [1.807, 2.05) is 0 Å². The molecule has 1 heterocycles. The fraction of sp³-hybridized carbons (Fsp3) is 1.00. The van der Waals surface area contributed by atoms with Crippen molar-refractivity contribution in [3.63, 3.8) is 0 Å². The summed E-state index contributed by atoms with van der Waals surface area (Å²) in [5, 5.41) is 4.62. The minimum atomic E-state index is 0.288. The van der Waals surface area contributed by atoms with Crippen molar-refractivity contribution < 1.29 is 4.74 Å². The molecule has 0 amide bonds. The third-order valence-corrected chi connectivity index (χ3v) is 6.61. The minimum absolute atomic E-state index is 0.288. The summed E-state index contributed by atoms with van der Waals surface area (Å²) in [5.74, 6) is 2.10. The molecule has 1 aliphatic carbocycles. The van der Waals surface area contributed by atoms with E-state index < -0.39 is 0 Å². The molecule has 3 atom stereocenters. The summed E-state index contributed by atoms with van der Waals surface area (Å²) in [6.07, 6.45) is 9.06. The van der Waals surface area contributed by atoms with Crippen molar-refractivity contribution in [1.82, 2.24) is 5.32 Å². The second-order valence-corrected chi connectivity index (χ2v) is 8.22. The van der Waals surface area contributed by atoms with E-state index in [9.17, 15) is 0 Å². The molecular formula is C17H33NOS. The first-order valence-electron chi connectivity index (χ1n) is 8.68. The topological polar surface area (TPSA) is 21.3 Å². The predicted molar refractivity (Wildman–Crippen MR) is 89.6 cm³/mol. The standard InChI is InChI=1S/C17H33NOS/c1-4-10-18-16(13-20-14(3)5-2)15-7-11-19-17(12-15)8-6-9-17/h14-16,18H,4-13H2,1-3H3. The van der Waals surface area contributed by atoms with Gasteiger partial charge in [0.05, 0.1) is 5.60 Å². The molecule has 118 valence electrons. The van der Waals surface area contributed by atoms with Crippen molar-refractivity contribution in [2.75, 3.05) is 18.9 Å². The Morgan fingerprint density at radius 3 is 2.75 bits per heavy atom. The van der Waals surface area contributed by atoms with Gasteiger partial charge < -0.3 is 10.1 Å². The molecule has 2 nitrogen and oxygen atoms in total. The third kappa shape index (κ3) is 4.38. The van der Waals surface area contributed by atoms with Crippen LogP contribution in [0.25, 0.3) is 0 Å². The Morgan fingerprint density at radius 1 is 1.35 bits per heavy atom. The number of nitrogens with one attached hydrogen (secondary N) is 1. The van der Waals surface area contributed by atoms with Gasteiger partial charge in [-0.3, -0.25) is 0 Å². The van der Waals surface area contributed by atoms with E-state index in [1.54, 1.807) is 0 Å². The number of hydrogen-bond acceptors (Lipinski definition) is 3. The summed E-state index contributed by atoms with van der Waals surface area (Å²) in [7, 11) is 0. The maximum absolute atomic E-state index is 6.10. The van der Waals surface area contributed by atoms with E-state index in [0.717, 1.165) is 24.3 Å². The Hall–Kier alpha value is 0.270. The molecular weight excluding hydrogens is 266 g/mol. The zero-order chi connectivity index (χ0) is 14.4. The minimum Gasteiger partial charge on any atom is -0.375 e. The van der Waals surface area contributed by atoms with Crippen molar-refractivity contribution in [2.45, 2.75) is 82.6 Å². The third-order valence-electron chi connectivity index (χ3n) is 5.16. The quantitative estimate of drug-likeness (QED) is 0.724. The Balaban J connectivity index is 1.87. The first kappa shape index (κ1) is 16.6. The zero-order valence-corrected chi connectivity index (χ0v) is 14.4. The highest BCUT2D eigenvalue weighted by Gasteiger charge is 2.44. The summed E-state index contributed by atoms with van der Waals surface area (Å²) in [5.41, 5.74) is 0.288. The number of ether oxygens (including phenoxy) is 1. The predicted octanol–water partition coefficient (Wildman–Crippen LogP) is 4.24. The summed E-state index contributed by atoms with van der Waals surface area (Å²) in [4.78, 5) is 0. The number of hydrogen-bond donors (Lipinski definition) is 1. The number of rotatable bonds is 8. The Labute approximate surface area is 129 Å². The summed E-state index contributed by atoms with van der Waals surface area (Å²) < 4.78 is 6.10. The fourth-order valence-corrected chi connectivity index (χ4v) is 4.57. The van der Waals surface area contributed by atoms with Gasteiger partial charge in [0.15, 0.2) is 0 Å². The Morgan fingerprint density at radius 2 is 2.15 bits per heavy atom. The molecule has 0 aromatic heterocycles. The first-order valence-corrected chi connectivity index (χ1v) is 9.73. The lowest BCUT2D eigenvalue weighted by Gasteiger charge is -2.49. The van der Waals surface area contributed by atoms with Gasteiger partial charge >= 0.3 is 0 Å². The van der Waals surface area contributed by atoms with Gasteiger partial charge in [0.25, 0.3) is 0 Å². The van der Waals surface area contributed by atoms with Gasteiger partial charge in [0.2, 0.25) is 0 Å². The van der Waals surface area contributed by atoms with Crippen molar-refractivity contribution in [1.29, 1.82) is 0 Å². The van der Waals surface area contributed by atoms with E-state index in [4.69, 9.17) is 4.74 Å². The Kier molecular flexibility index (Phi) is 6.70. The smallest absolute Gasteiger partial charge is 0.0685 e. The molecule has 0 radical (unpaired) electrons. The monoisotopic (exact) mass is 299 g/mol. The van der Waals surface area contributed by atoms with E-state index in [-0.39, 0.29) is 5.60 Å². The molecule has 3 heteroatoms. The van der Waals surface area contributed by atoms with Gasteiger partial charge in [-0.1, -0.05) is 20.8 Å². The van der Waals surface area contributed by atoms with Crippen LogP contribution in [0.3, 0.4) is 0 Å². The van der Waals surface area contributed by atoms with Gasteiger partial charge in [0.1, 0.15) is 0 Å². The largest absolute Gasteiger partial charge is 0.375 e. The van der Waals surface area contributed by atoms with Crippen LogP contribution in [0, 0.1) is 5.92 Å². The average molecular weight is 300 g/mol. The van der Waals surface area contributed by atoms with E-state index in [2.05, 4.69) is 37.8 Å². The Bertz CT molecular complexity index is 280. The molecule has 0 bridgehead atoms. The normalized spacial score (nSPS) is 28.1. The van der Waals surface area contributed by atoms with Crippen LogP contribution < -0.4 is 5.32 Å². The van der Waals surface area contributed by atoms with Crippen LogP contribution in [0.4, 0.5) is 0 Å². The SMILES string of the molecule is CCCNC(CSC(C)CC)C1CCOC2(CCC2)C1. The van der Waals surface area contributed by atoms with Crippen molar-refractivity contribution in [2.24, 2.45) is 5.92 Å². The molecule has 0 aromatic carbocycles. The van der Waals surface area contributed by atoms with E-state index >= 15 is 0 Å². The van der Waals surface area contributed by atoms with Crippen molar-refractivity contribution in [3.8, 4) is 0 Å². The molecule has 0 aromatic rings. The highest BCUT2D eigenvalue weighted by atomic mass is 32.2. The number of thioether (sulfide) groups is 1. The van der Waals surface area contributed by atoms with Crippen molar-refractivity contribution >= 4 is 11.8 Å². The van der Waals surface area contributed by atoms with Gasteiger partial charge in [-0.15, -0.1) is 0 Å². The highest BCUT2D eigenvalue weighted by molar-refractivity contribution is 7.99. The fourth-order valence-electron chi connectivity index (χ4n) is 3.41. The van der Waals surface area contributed by atoms with Gasteiger partial charge in [0, 0.05) is 23.7 Å². The van der Waals surface area contributed by atoms with E-state index in [0.29, 0.717) is 6.04 Å². The van der Waals surface area contributed by atoms with Crippen LogP contribution in [0.1, 0.15) is 65.7 Å². The average Bonchev–Trinajstić information content (AvgIpc) is 2.45. The second-order valence-electron chi connectivity index (χ2n) is 6.75. The summed E-state index contributed by atoms with van der Waals surface area (Å²) in [6, 6.07) is 0.690. The van der Waals surface area contributed by atoms with Crippen LogP contribution >= 0.6 is 11.8 Å². The molecule has 1 saturated heterocycles.